The molecule has 0 aliphatic heterocycles. The fourth-order valence-corrected chi connectivity index (χ4v) is 1.97. The maximum Gasteiger partial charge on any atom is 0.307 e. The number of nitro benzene ring substituents is 1. The van der Waals surface area contributed by atoms with E-state index in [1.807, 2.05) is 6.92 Å². The molecule has 0 aromatic heterocycles. The molecule has 1 aromatic rings. The molecule has 0 saturated carbocycles. The Balaban J connectivity index is 2.92. The molecule has 0 amide bonds. The molecule has 8 nitrogen and oxygen atoms in total. The van der Waals surface area contributed by atoms with Crippen molar-refractivity contribution in [2.24, 2.45) is 0 Å². The number of rotatable bonds is 11. The molecule has 0 aliphatic rings. The van der Waals surface area contributed by atoms with E-state index in [9.17, 15) is 14.9 Å². The summed E-state index contributed by atoms with van der Waals surface area (Å²) in [6.07, 6.45) is 0.742. The summed E-state index contributed by atoms with van der Waals surface area (Å²) in [6.45, 7) is 5.94. The molecule has 0 heterocycles. The predicted molar refractivity (Wildman–Crippen MR) is 90.2 cm³/mol. The largest absolute Gasteiger partial charge is 0.496 e. The topological polar surface area (TPSA) is 97.1 Å². The fraction of sp³-hybridized carbons (Fsp3) is 0.471. The first-order valence-corrected chi connectivity index (χ1v) is 7.72. The van der Waals surface area contributed by atoms with Gasteiger partial charge in [-0.05, 0) is 6.07 Å². The number of methoxy groups -OCH3 is 2. The van der Waals surface area contributed by atoms with Crippen LogP contribution in [-0.4, -0.2) is 31.7 Å². The molecule has 0 radical (unpaired) electrons. The predicted octanol–water partition coefficient (Wildman–Crippen LogP) is 3.12. The van der Waals surface area contributed by atoms with E-state index in [2.05, 4.69) is 11.3 Å². The Labute approximate surface area is 146 Å². The van der Waals surface area contributed by atoms with Gasteiger partial charge < -0.3 is 18.9 Å². The number of esters is 1. The van der Waals surface area contributed by atoms with Crippen LogP contribution in [0.25, 0.3) is 0 Å². The highest BCUT2D eigenvalue weighted by Gasteiger charge is 2.19. The zero-order valence-electron chi connectivity index (χ0n) is 14.7. The summed E-state index contributed by atoms with van der Waals surface area (Å²) in [7, 11) is 2.73. The number of nitro groups is 1. The first-order valence-electron chi connectivity index (χ1n) is 7.72. The molecule has 138 valence electrons. The lowest BCUT2D eigenvalue weighted by atomic mass is 10.1. The van der Waals surface area contributed by atoms with Gasteiger partial charge in [-0.3, -0.25) is 14.9 Å². The van der Waals surface area contributed by atoms with Crippen LogP contribution in [0, 0.1) is 10.1 Å². The molecular weight excluding hydrogens is 330 g/mol. The standard InChI is InChI=1S/C17H23NO7/c1-5-12(2)25-11-13-8-14(10-24-7-6-17(19)23-4)16(22-3)9-15(13)18(20)21/h8-9H,2,5-7,10-11H2,1,3-4H3. The molecule has 0 bridgehead atoms. The number of ether oxygens (including phenoxy) is 4. The van der Waals surface area contributed by atoms with Crippen LogP contribution in [0.4, 0.5) is 5.69 Å². The van der Waals surface area contributed by atoms with Gasteiger partial charge in [0.15, 0.2) is 0 Å². The van der Waals surface area contributed by atoms with Gasteiger partial charge in [0.25, 0.3) is 5.69 Å². The van der Waals surface area contributed by atoms with Crippen molar-refractivity contribution in [1.82, 2.24) is 0 Å². The van der Waals surface area contributed by atoms with Gasteiger partial charge in [0, 0.05) is 12.0 Å². The number of benzene rings is 1. The molecule has 25 heavy (non-hydrogen) atoms. The molecule has 0 fully saturated rings. The summed E-state index contributed by atoms with van der Waals surface area (Å²) < 4.78 is 20.6. The van der Waals surface area contributed by atoms with Gasteiger partial charge in [0.1, 0.15) is 12.4 Å². The highest BCUT2D eigenvalue weighted by Crippen LogP contribution is 2.30. The van der Waals surface area contributed by atoms with Crippen LogP contribution in [0.1, 0.15) is 30.9 Å². The highest BCUT2D eigenvalue weighted by atomic mass is 16.6. The first-order chi connectivity index (χ1) is 11.9. The Morgan fingerprint density at radius 3 is 2.52 bits per heavy atom. The zero-order valence-corrected chi connectivity index (χ0v) is 14.7. The normalized spacial score (nSPS) is 10.2. The van der Waals surface area contributed by atoms with E-state index < -0.39 is 4.92 Å². The van der Waals surface area contributed by atoms with Gasteiger partial charge in [-0.15, -0.1) is 0 Å². The SMILES string of the molecule is C=C(CC)OCc1cc(COCCC(=O)OC)c(OC)cc1[N+](=O)[O-]. The van der Waals surface area contributed by atoms with Gasteiger partial charge in [-0.1, -0.05) is 13.5 Å². The van der Waals surface area contributed by atoms with Crippen LogP contribution in [-0.2, 0) is 32.2 Å². The Bertz CT molecular complexity index is 628. The minimum Gasteiger partial charge on any atom is -0.496 e. The van der Waals surface area contributed by atoms with Crippen molar-refractivity contribution < 1.29 is 28.7 Å². The Hall–Kier alpha value is -2.61. The van der Waals surface area contributed by atoms with Gasteiger partial charge in [-0.25, -0.2) is 0 Å². The zero-order chi connectivity index (χ0) is 18.8. The molecule has 0 atom stereocenters. The lowest BCUT2D eigenvalue weighted by Crippen LogP contribution is -2.07. The molecule has 8 heteroatoms. The Kier molecular flexibility index (Phi) is 8.42. The lowest BCUT2D eigenvalue weighted by Gasteiger charge is -2.13. The van der Waals surface area contributed by atoms with Crippen LogP contribution in [0.2, 0.25) is 0 Å². The number of hydrogen-bond donors (Lipinski definition) is 0. The molecule has 0 N–H and O–H groups in total. The van der Waals surface area contributed by atoms with Gasteiger partial charge in [0.2, 0.25) is 0 Å². The average molecular weight is 353 g/mol. The van der Waals surface area contributed by atoms with E-state index in [4.69, 9.17) is 14.2 Å². The number of allylic oxidation sites excluding steroid dienone is 1. The maximum absolute atomic E-state index is 11.3. The van der Waals surface area contributed by atoms with E-state index in [0.29, 0.717) is 29.1 Å². The molecule has 0 saturated heterocycles. The second kappa shape index (κ2) is 10.3. The molecule has 0 aliphatic carbocycles. The number of carbonyl (C=O) groups is 1. The summed E-state index contributed by atoms with van der Waals surface area (Å²) in [5.41, 5.74) is 0.921. The minimum absolute atomic E-state index is 0.0299. The van der Waals surface area contributed by atoms with Crippen LogP contribution < -0.4 is 4.74 Å². The Morgan fingerprint density at radius 1 is 1.24 bits per heavy atom. The monoisotopic (exact) mass is 353 g/mol. The van der Waals surface area contributed by atoms with Gasteiger partial charge in [0.05, 0.1) is 56.2 Å². The molecular formula is C17H23NO7. The third-order valence-electron chi connectivity index (χ3n) is 3.44. The third kappa shape index (κ3) is 6.42. The Morgan fingerprint density at radius 2 is 1.96 bits per heavy atom. The summed E-state index contributed by atoms with van der Waals surface area (Å²) >= 11 is 0. The van der Waals surface area contributed by atoms with E-state index in [1.54, 1.807) is 6.07 Å². The second-order valence-corrected chi connectivity index (χ2v) is 5.11. The average Bonchev–Trinajstić information content (AvgIpc) is 2.62. The van der Waals surface area contributed by atoms with Crippen molar-refractivity contribution in [3.63, 3.8) is 0 Å². The summed E-state index contributed by atoms with van der Waals surface area (Å²) in [4.78, 5) is 21.9. The molecule has 0 spiro atoms. The van der Waals surface area contributed by atoms with E-state index >= 15 is 0 Å². The quantitative estimate of drug-likeness (QED) is 0.198. The van der Waals surface area contributed by atoms with Crippen molar-refractivity contribution in [2.75, 3.05) is 20.8 Å². The van der Waals surface area contributed by atoms with Crippen LogP contribution in [0.5, 0.6) is 5.75 Å². The third-order valence-corrected chi connectivity index (χ3v) is 3.44. The molecule has 0 unspecified atom stereocenters. The van der Waals surface area contributed by atoms with E-state index in [-0.39, 0.29) is 37.9 Å². The minimum atomic E-state index is -0.488. The van der Waals surface area contributed by atoms with Crippen LogP contribution >= 0.6 is 0 Å². The smallest absolute Gasteiger partial charge is 0.307 e. The van der Waals surface area contributed by atoms with Crippen molar-refractivity contribution >= 4 is 11.7 Å². The van der Waals surface area contributed by atoms with Crippen molar-refractivity contribution in [1.29, 1.82) is 0 Å². The van der Waals surface area contributed by atoms with E-state index in [1.165, 1.54) is 20.3 Å². The number of nitrogens with zero attached hydrogens (tertiary/aromatic N) is 1. The van der Waals surface area contributed by atoms with Gasteiger partial charge in [-0.2, -0.15) is 0 Å². The first kappa shape index (κ1) is 20.4. The van der Waals surface area contributed by atoms with Gasteiger partial charge >= 0.3 is 5.97 Å². The summed E-state index contributed by atoms with van der Waals surface area (Å²) in [6, 6.07) is 2.95. The van der Waals surface area contributed by atoms with Crippen LogP contribution in [0.3, 0.4) is 0 Å². The van der Waals surface area contributed by atoms with Crippen molar-refractivity contribution in [2.45, 2.75) is 33.0 Å². The maximum atomic E-state index is 11.3. The molecule has 1 rings (SSSR count). The van der Waals surface area contributed by atoms with Crippen molar-refractivity contribution in [3.8, 4) is 5.75 Å². The second-order valence-electron chi connectivity index (χ2n) is 5.11. The number of hydrogen-bond acceptors (Lipinski definition) is 7. The lowest BCUT2D eigenvalue weighted by molar-refractivity contribution is -0.386. The van der Waals surface area contributed by atoms with Crippen molar-refractivity contribution in [3.05, 3.63) is 45.7 Å². The van der Waals surface area contributed by atoms with Crippen LogP contribution in [0.15, 0.2) is 24.5 Å². The molecule has 1 aromatic carbocycles. The highest BCUT2D eigenvalue weighted by molar-refractivity contribution is 5.69. The summed E-state index contributed by atoms with van der Waals surface area (Å²) in [5.74, 6) is 0.506. The van der Waals surface area contributed by atoms with E-state index in [0.717, 1.165) is 0 Å². The summed E-state index contributed by atoms with van der Waals surface area (Å²) in [5, 5.41) is 11.3. The number of carbonyl (C=O) groups excluding carboxylic acids is 1. The fourth-order valence-electron chi connectivity index (χ4n) is 1.97.